The predicted octanol–water partition coefficient (Wildman–Crippen LogP) is 4.88. The average molecular weight is 346 g/mol. The highest BCUT2D eigenvalue weighted by molar-refractivity contribution is 6.09. The number of aromatic nitrogens is 3. The molecule has 0 aliphatic carbocycles. The van der Waals surface area contributed by atoms with E-state index < -0.39 is 0 Å². The molecule has 4 rings (SSSR count). The Balaban J connectivity index is 0.000000948. The van der Waals surface area contributed by atoms with Crippen LogP contribution in [0.1, 0.15) is 37.6 Å². The number of pyridine rings is 1. The Morgan fingerprint density at radius 1 is 0.962 bits per heavy atom. The van der Waals surface area contributed by atoms with Crippen molar-refractivity contribution in [3.8, 4) is 0 Å². The summed E-state index contributed by atoms with van der Waals surface area (Å²) in [6, 6.07) is 16.9. The number of rotatable bonds is 3. The van der Waals surface area contributed by atoms with Gasteiger partial charge in [0.25, 0.3) is 0 Å². The van der Waals surface area contributed by atoms with Crippen LogP contribution in [0.4, 0.5) is 5.82 Å². The standard InChI is InChI=1S/C20H20N4.C2H6/c1-3-13-8-10-14(11-9-13)12-17-18-15-6-4-5-7-16(15)22-20(21)19(18)24(2)23-17;1-2/h4-11H,3,12H2,1-2H3,(H2,21,22);1-2H3. The molecule has 134 valence electrons. The van der Waals surface area contributed by atoms with Crippen molar-refractivity contribution in [2.24, 2.45) is 7.05 Å². The monoisotopic (exact) mass is 346 g/mol. The quantitative estimate of drug-likeness (QED) is 0.575. The number of para-hydroxylation sites is 1. The van der Waals surface area contributed by atoms with Crippen LogP contribution in [0.15, 0.2) is 48.5 Å². The third-order valence-corrected chi connectivity index (χ3v) is 4.58. The van der Waals surface area contributed by atoms with Crippen LogP contribution in [0.3, 0.4) is 0 Å². The number of fused-ring (bicyclic) bond motifs is 3. The topological polar surface area (TPSA) is 56.7 Å². The first-order chi connectivity index (χ1) is 12.7. The highest BCUT2D eigenvalue weighted by atomic mass is 15.3. The lowest BCUT2D eigenvalue weighted by atomic mass is 10.0. The van der Waals surface area contributed by atoms with Crippen molar-refractivity contribution < 1.29 is 0 Å². The predicted molar refractivity (Wildman–Crippen MR) is 110 cm³/mol. The van der Waals surface area contributed by atoms with Crippen LogP contribution >= 0.6 is 0 Å². The summed E-state index contributed by atoms with van der Waals surface area (Å²) in [5.41, 5.74) is 11.7. The Bertz CT molecular complexity index is 1030. The summed E-state index contributed by atoms with van der Waals surface area (Å²) < 4.78 is 1.85. The normalized spacial score (nSPS) is 10.8. The van der Waals surface area contributed by atoms with Crippen LogP contribution < -0.4 is 5.73 Å². The van der Waals surface area contributed by atoms with Gasteiger partial charge in [0.2, 0.25) is 0 Å². The van der Waals surface area contributed by atoms with Gasteiger partial charge in [0.1, 0.15) is 11.3 Å². The van der Waals surface area contributed by atoms with Crippen molar-refractivity contribution in [3.63, 3.8) is 0 Å². The zero-order valence-corrected chi connectivity index (χ0v) is 16.0. The Morgan fingerprint density at radius 2 is 1.62 bits per heavy atom. The second kappa shape index (κ2) is 7.56. The second-order valence-corrected chi connectivity index (χ2v) is 6.15. The van der Waals surface area contributed by atoms with E-state index in [-0.39, 0.29) is 0 Å². The van der Waals surface area contributed by atoms with Crippen LogP contribution in [0.2, 0.25) is 0 Å². The maximum atomic E-state index is 6.20. The number of hydrogen-bond donors (Lipinski definition) is 1. The minimum absolute atomic E-state index is 0.534. The molecule has 2 aromatic heterocycles. The van der Waals surface area contributed by atoms with Gasteiger partial charge in [-0.1, -0.05) is 63.2 Å². The minimum Gasteiger partial charge on any atom is -0.382 e. The summed E-state index contributed by atoms with van der Waals surface area (Å²) in [5, 5.41) is 6.95. The number of aryl methyl sites for hydroxylation is 2. The molecular formula is C22H26N4. The van der Waals surface area contributed by atoms with Gasteiger partial charge in [0, 0.05) is 24.2 Å². The second-order valence-electron chi connectivity index (χ2n) is 6.15. The van der Waals surface area contributed by atoms with Crippen molar-refractivity contribution >= 4 is 27.6 Å². The smallest absolute Gasteiger partial charge is 0.150 e. The highest BCUT2D eigenvalue weighted by Crippen LogP contribution is 2.31. The van der Waals surface area contributed by atoms with E-state index in [4.69, 9.17) is 10.8 Å². The summed E-state index contributed by atoms with van der Waals surface area (Å²) in [6.07, 6.45) is 1.84. The van der Waals surface area contributed by atoms with E-state index in [9.17, 15) is 0 Å². The van der Waals surface area contributed by atoms with Crippen LogP contribution in [-0.4, -0.2) is 14.8 Å². The number of benzene rings is 2. The van der Waals surface area contributed by atoms with Crippen LogP contribution in [-0.2, 0) is 19.9 Å². The van der Waals surface area contributed by atoms with Gasteiger partial charge in [-0.05, 0) is 23.6 Å². The molecule has 4 aromatic rings. The van der Waals surface area contributed by atoms with Crippen molar-refractivity contribution in [2.45, 2.75) is 33.6 Å². The van der Waals surface area contributed by atoms with Gasteiger partial charge in [-0.2, -0.15) is 5.10 Å². The molecule has 0 aliphatic heterocycles. The SMILES string of the molecule is CC.CCc1ccc(Cc2nn(C)c3c(N)nc4ccccc4c23)cc1. The van der Waals surface area contributed by atoms with Crippen LogP contribution in [0.25, 0.3) is 21.8 Å². The fourth-order valence-electron chi connectivity index (χ4n) is 3.33. The summed E-state index contributed by atoms with van der Waals surface area (Å²) in [7, 11) is 1.93. The van der Waals surface area contributed by atoms with Gasteiger partial charge in [-0.3, -0.25) is 4.68 Å². The third kappa shape index (κ3) is 3.15. The van der Waals surface area contributed by atoms with Gasteiger partial charge in [-0.15, -0.1) is 0 Å². The lowest BCUT2D eigenvalue weighted by Crippen LogP contribution is -1.97. The molecule has 0 fully saturated rings. The van der Waals surface area contributed by atoms with E-state index in [0.717, 1.165) is 40.3 Å². The highest BCUT2D eigenvalue weighted by Gasteiger charge is 2.16. The lowest BCUT2D eigenvalue weighted by Gasteiger charge is -2.05. The molecule has 0 radical (unpaired) electrons. The maximum Gasteiger partial charge on any atom is 0.150 e. The zero-order chi connectivity index (χ0) is 18.7. The molecule has 0 saturated carbocycles. The van der Waals surface area contributed by atoms with Crippen LogP contribution in [0, 0.1) is 0 Å². The number of hydrogen-bond acceptors (Lipinski definition) is 3. The Kier molecular flexibility index (Phi) is 5.21. The number of nitrogens with two attached hydrogens (primary N) is 1. The molecule has 2 N–H and O–H groups in total. The van der Waals surface area contributed by atoms with Crippen molar-refractivity contribution in [3.05, 3.63) is 65.4 Å². The molecule has 2 aromatic carbocycles. The van der Waals surface area contributed by atoms with Crippen molar-refractivity contribution in [2.75, 3.05) is 5.73 Å². The fourth-order valence-corrected chi connectivity index (χ4v) is 3.33. The number of anilines is 1. The van der Waals surface area contributed by atoms with Gasteiger partial charge in [-0.25, -0.2) is 4.98 Å². The Hall–Kier alpha value is -2.88. The molecule has 0 saturated heterocycles. The molecule has 0 amide bonds. The Labute approximate surface area is 154 Å². The number of nitrogens with zero attached hydrogens (tertiary/aromatic N) is 3. The molecule has 0 atom stereocenters. The van der Waals surface area contributed by atoms with E-state index >= 15 is 0 Å². The van der Waals surface area contributed by atoms with E-state index in [2.05, 4.69) is 42.2 Å². The molecule has 4 heteroatoms. The van der Waals surface area contributed by atoms with Gasteiger partial charge < -0.3 is 5.73 Å². The molecule has 4 nitrogen and oxygen atoms in total. The molecule has 0 spiro atoms. The number of nitrogen functional groups attached to an aromatic ring is 1. The minimum atomic E-state index is 0.534. The lowest BCUT2D eigenvalue weighted by molar-refractivity contribution is 0.774. The fraction of sp³-hybridized carbons (Fsp3) is 0.273. The van der Waals surface area contributed by atoms with Crippen LogP contribution in [0.5, 0.6) is 0 Å². The average Bonchev–Trinajstić information content (AvgIpc) is 3.01. The first-order valence-corrected chi connectivity index (χ1v) is 9.25. The zero-order valence-electron chi connectivity index (χ0n) is 16.0. The maximum absolute atomic E-state index is 6.20. The van der Waals surface area contributed by atoms with E-state index in [1.165, 1.54) is 11.1 Å². The van der Waals surface area contributed by atoms with Crippen molar-refractivity contribution in [1.82, 2.24) is 14.8 Å². The summed E-state index contributed by atoms with van der Waals surface area (Å²) in [4.78, 5) is 4.52. The molecule has 0 unspecified atom stereocenters. The van der Waals surface area contributed by atoms with Gasteiger partial charge >= 0.3 is 0 Å². The first kappa shape index (κ1) is 17.9. The van der Waals surface area contributed by atoms with E-state index in [0.29, 0.717) is 5.82 Å². The summed E-state index contributed by atoms with van der Waals surface area (Å²) >= 11 is 0. The summed E-state index contributed by atoms with van der Waals surface area (Å²) in [6.45, 7) is 6.17. The van der Waals surface area contributed by atoms with E-state index in [1.54, 1.807) is 0 Å². The molecular weight excluding hydrogens is 320 g/mol. The summed E-state index contributed by atoms with van der Waals surface area (Å²) in [5.74, 6) is 0.534. The van der Waals surface area contributed by atoms with Gasteiger partial charge in [0.05, 0.1) is 11.2 Å². The first-order valence-electron chi connectivity index (χ1n) is 9.25. The van der Waals surface area contributed by atoms with Gasteiger partial charge in [0.15, 0.2) is 0 Å². The van der Waals surface area contributed by atoms with Crippen molar-refractivity contribution in [1.29, 1.82) is 0 Å². The molecule has 0 bridgehead atoms. The largest absolute Gasteiger partial charge is 0.382 e. The molecule has 0 aliphatic rings. The molecule has 26 heavy (non-hydrogen) atoms. The van der Waals surface area contributed by atoms with E-state index in [1.807, 2.05) is 43.8 Å². The molecule has 2 heterocycles. The third-order valence-electron chi connectivity index (χ3n) is 4.58. The Morgan fingerprint density at radius 3 is 2.31 bits per heavy atom.